The number of benzene rings is 2. The zero-order valence-corrected chi connectivity index (χ0v) is 15.7. The molecular weight excluding hydrogens is 359 g/mol. The second-order valence-corrected chi connectivity index (χ2v) is 7.42. The van der Waals surface area contributed by atoms with Gasteiger partial charge < -0.3 is 20.2 Å². The lowest BCUT2D eigenvalue weighted by Gasteiger charge is -2.35. The van der Waals surface area contributed by atoms with E-state index in [1.165, 1.54) is 12.1 Å². The number of hydrogen-bond acceptors (Lipinski definition) is 4. The van der Waals surface area contributed by atoms with Crippen molar-refractivity contribution in [3.8, 4) is 11.1 Å². The summed E-state index contributed by atoms with van der Waals surface area (Å²) in [6, 6.07) is 14.0. The van der Waals surface area contributed by atoms with E-state index in [-0.39, 0.29) is 24.3 Å². The molecule has 146 valence electrons. The van der Waals surface area contributed by atoms with Crippen molar-refractivity contribution in [3.63, 3.8) is 0 Å². The Morgan fingerprint density at radius 1 is 1.29 bits per heavy atom. The quantitative estimate of drug-likeness (QED) is 0.720. The number of carbonyl (C=O) groups excluding carboxylic acids is 1. The monoisotopic (exact) mass is 382 g/mol. The molecule has 2 atom stereocenters. The van der Waals surface area contributed by atoms with E-state index < -0.39 is 5.60 Å². The lowest BCUT2D eigenvalue weighted by molar-refractivity contribution is -0.151. The SMILES string of the molecule is CC1(C(=O)NCc2oc3ccc(F)cc3c2-c2ccccc2)CC(N)CCO1. The number of hydrogen-bond donors (Lipinski definition) is 2. The average molecular weight is 382 g/mol. The molecule has 1 aliphatic heterocycles. The van der Waals surface area contributed by atoms with Crippen LogP contribution in [0.4, 0.5) is 4.39 Å². The maximum atomic E-state index is 13.8. The Hall–Kier alpha value is -2.70. The lowest BCUT2D eigenvalue weighted by Crippen LogP contribution is -2.52. The van der Waals surface area contributed by atoms with Crippen LogP contribution in [0.2, 0.25) is 0 Å². The minimum atomic E-state index is -0.956. The van der Waals surface area contributed by atoms with Crippen molar-refractivity contribution in [1.82, 2.24) is 5.32 Å². The maximum Gasteiger partial charge on any atom is 0.252 e. The molecule has 28 heavy (non-hydrogen) atoms. The third kappa shape index (κ3) is 3.53. The molecule has 0 spiro atoms. The van der Waals surface area contributed by atoms with Gasteiger partial charge in [0, 0.05) is 30.0 Å². The average Bonchev–Trinajstić information content (AvgIpc) is 3.04. The Labute approximate surface area is 162 Å². The molecule has 3 N–H and O–H groups in total. The van der Waals surface area contributed by atoms with Gasteiger partial charge in [0.05, 0.1) is 6.54 Å². The van der Waals surface area contributed by atoms with Crippen LogP contribution in [0.15, 0.2) is 52.9 Å². The van der Waals surface area contributed by atoms with Crippen LogP contribution in [-0.4, -0.2) is 24.2 Å². The summed E-state index contributed by atoms with van der Waals surface area (Å²) in [5.74, 6) is 0.00956. The molecule has 2 aromatic carbocycles. The first-order valence-electron chi connectivity index (χ1n) is 9.40. The maximum absolute atomic E-state index is 13.8. The molecule has 1 fully saturated rings. The number of amides is 1. The van der Waals surface area contributed by atoms with Crippen molar-refractivity contribution in [3.05, 3.63) is 60.1 Å². The van der Waals surface area contributed by atoms with Gasteiger partial charge in [0.2, 0.25) is 0 Å². The van der Waals surface area contributed by atoms with E-state index in [9.17, 15) is 9.18 Å². The minimum Gasteiger partial charge on any atom is -0.459 e. The third-order valence-corrected chi connectivity index (χ3v) is 5.24. The summed E-state index contributed by atoms with van der Waals surface area (Å²) in [4.78, 5) is 12.8. The van der Waals surface area contributed by atoms with Gasteiger partial charge in [-0.3, -0.25) is 4.79 Å². The fourth-order valence-corrected chi connectivity index (χ4v) is 3.77. The van der Waals surface area contributed by atoms with Crippen molar-refractivity contribution in [2.24, 2.45) is 5.73 Å². The van der Waals surface area contributed by atoms with E-state index in [0.29, 0.717) is 29.8 Å². The highest BCUT2D eigenvalue weighted by molar-refractivity contribution is 5.96. The summed E-state index contributed by atoms with van der Waals surface area (Å²) >= 11 is 0. The number of furan rings is 1. The summed E-state index contributed by atoms with van der Waals surface area (Å²) in [6.45, 7) is 2.39. The summed E-state index contributed by atoms with van der Waals surface area (Å²) in [5.41, 5.74) is 7.31. The van der Waals surface area contributed by atoms with Crippen molar-refractivity contribution in [1.29, 1.82) is 0 Å². The van der Waals surface area contributed by atoms with Gasteiger partial charge >= 0.3 is 0 Å². The van der Waals surface area contributed by atoms with Crippen molar-refractivity contribution in [2.75, 3.05) is 6.61 Å². The molecule has 5 nitrogen and oxygen atoms in total. The molecule has 1 saturated heterocycles. The molecule has 0 saturated carbocycles. The largest absolute Gasteiger partial charge is 0.459 e. The Balaban J connectivity index is 1.64. The number of rotatable bonds is 4. The second-order valence-electron chi connectivity index (χ2n) is 7.42. The summed E-state index contributed by atoms with van der Waals surface area (Å²) < 4.78 is 25.5. The minimum absolute atomic E-state index is 0.0569. The van der Waals surface area contributed by atoms with E-state index in [1.807, 2.05) is 30.3 Å². The van der Waals surface area contributed by atoms with Gasteiger partial charge in [-0.05, 0) is 37.1 Å². The molecule has 6 heteroatoms. The van der Waals surface area contributed by atoms with E-state index in [0.717, 1.165) is 17.5 Å². The molecule has 3 aromatic rings. The van der Waals surface area contributed by atoms with Crippen LogP contribution >= 0.6 is 0 Å². The highest BCUT2D eigenvalue weighted by Crippen LogP contribution is 2.35. The van der Waals surface area contributed by atoms with Crippen LogP contribution in [-0.2, 0) is 16.1 Å². The van der Waals surface area contributed by atoms with Crippen molar-refractivity contribution >= 4 is 16.9 Å². The number of nitrogens with one attached hydrogen (secondary N) is 1. The van der Waals surface area contributed by atoms with Crippen LogP contribution < -0.4 is 11.1 Å². The highest BCUT2D eigenvalue weighted by atomic mass is 19.1. The first kappa shape index (κ1) is 18.7. The lowest BCUT2D eigenvalue weighted by atomic mass is 9.91. The predicted molar refractivity (Wildman–Crippen MR) is 105 cm³/mol. The van der Waals surface area contributed by atoms with Gasteiger partial charge in [-0.15, -0.1) is 0 Å². The van der Waals surface area contributed by atoms with Gasteiger partial charge in [0.1, 0.15) is 22.8 Å². The van der Waals surface area contributed by atoms with Crippen LogP contribution in [0.1, 0.15) is 25.5 Å². The number of nitrogens with two attached hydrogens (primary N) is 1. The molecule has 4 rings (SSSR count). The Bertz CT molecular complexity index is 1000. The van der Waals surface area contributed by atoms with Gasteiger partial charge in [-0.2, -0.15) is 0 Å². The van der Waals surface area contributed by atoms with Gasteiger partial charge in [-0.25, -0.2) is 4.39 Å². The Kier molecular flexibility index (Phi) is 4.91. The van der Waals surface area contributed by atoms with Gasteiger partial charge in [0.15, 0.2) is 0 Å². The molecule has 0 aliphatic carbocycles. The zero-order chi connectivity index (χ0) is 19.7. The fraction of sp³-hybridized carbons (Fsp3) is 0.318. The second kappa shape index (κ2) is 7.37. The topological polar surface area (TPSA) is 77.5 Å². The Morgan fingerprint density at radius 2 is 2.07 bits per heavy atom. The molecule has 2 heterocycles. The van der Waals surface area contributed by atoms with E-state index in [2.05, 4.69) is 5.32 Å². The summed E-state index contributed by atoms with van der Waals surface area (Å²) in [5, 5.41) is 3.59. The molecule has 1 amide bonds. The molecule has 1 aromatic heterocycles. The number of fused-ring (bicyclic) bond motifs is 1. The van der Waals surface area contributed by atoms with E-state index >= 15 is 0 Å². The van der Waals surface area contributed by atoms with E-state index in [4.69, 9.17) is 14.9 Å². The fourth-order valence-electron chi connectivity index (χ4n) is 3.77. The summed E-state index contributed by atoms with van der Waals surface area (Å²) in [7, 11) is 0. The zero-order valence-electron chi connectivity index (χ0n) is 15.7. The predicted octanol–water partition coefficient (Wildman–Crippen LogP) is 3.75. The highest BCUT2D eigenvalue weighted by Gasteiger charge is 2.39. The van der Waals surface area contributed by atoms with Crippen molar-refractivity contribution in [2.45, 2.75) is 38.0 Å². The van der Waals surface area contributed by atoms with Gasteiger partial charge in [0.25, 0.3) is 5.91 Å². The third-order valence-electron chi connectivity index (χ3n) is 5.24. The van der Waals surface area contributed by atoms with Crippen molar-refractivity contribution < 1.29 is 18.3 Å². The Morgan fingerprint density at radius 3 is 2.82 bits per heavy atom. The van der Waals surface area contributed by atoms with Gasteiger partial charge in [-0.1, -0.05) is 30.3 Å². The van der Waals surface area contributed by atoms with Crippen LogP contribution in [0, 0.1) is 5.82 Å². The number of ether oxygens (including phenoxy) is 1. The molecular formula is C22H23FN2O3. The first-order chi connectivity index (χ1) is 13.5. The number of halogens is 1. The van der Waals surface area contributed by atoms with Crippen LogP contribution in [0.3, 0.4) is 0 Å². The smallest absolute Gasteiger partial charge is 0.252 e. The van der Waals surface area contributed by atoms with Crippen LogP contribution in [0.25, 0.3) is 22.1 Å². The molecule has 0 radical (unpaired) electrons. The molecule has 2 unspecified atom stereocenters. The molecule has 1 aliphatic rings. The van der Waals surface area contributed by atoms with E-state index in [1.54, 1.807) is 13.0 Å². The standard InChI is InChI=1S/C22H23FN2O3/c1-22(12-16(24)9-10-27-22)21(26)25-13-19-20(14-5-3-2-4-6-14)17-11-15(23)7-8-18(17)28-19/h2-8,11,16H,9-10,12-13,24H2,1H3,(H,25,26). The number of carbonyl (C=O) groups is 1. The normalized spacial score (nSPS) is 22.3. The van der Waals surface area contributed by atoms with Crippen LogP contribution in [0.5, 0.6) is 0 Å². The first-order valence-corrected chi connectivity index (χ1v) is 9.40. The molecule has 0 bridgehead atoms. The summed E-state index contributed by atoms with van der Waals surface area (Å²) in [6.07, 6.45) is 1.21.